The van der Waals surface area contributed by atoms with Crippen molar-refractivity contribution in [2.75, 3.05) is 11.0 Å². The van der Waals surface area contributed by atoms with E-state index in [9.17, 15) is 13.2 Å². The first kappa shape index (κ1) is 18.2. The molecule has 0 aliphatic carbocycles. The summed E-state index contributed by atoms with van der Waals surface area (Å²) in [5.74, 6) is -0.133. The summed E-state index contributed by atoms with van der Waals surface area (Å²) in [5, 5.41) is 0.572. The molecule has 3 aromatic rings. The van der Waals surface area contributed by atoms with Gasteiger partial charge in [-0.25, -0.2) is 8.42 Å². The summed E-state index contributed by atoms with van der Waals surface area (Å²) < 4.78 is 25.9. The number of carbonyl (C=O) groups is 1. The van der Waals surface area contributed by atoms with Crippen LogP contribution in [0.25, 0.3) is 11.1 Å². The lowest BCUT2D eigenvalue weighted by atomic mass is 9.97. The Balaban J connectivity index is 2.11. The van der Waals surface area contributed by atoms with Gasteiger partial charge in [0.1, 0.15) is 0 Å². The number of sulfonamides is 1. The number of ketones is 1. The fourth-order valence-corrected chi connectivity index (χ4v) is 3.30. The maximum absolute atomic E-state index is 12.7. The van der Waals surface area contributed by atoms with E-state index in [1.54, 1.807) is 66.7 Å². The Morgan fingerprint density at radius 3 is 2.15 bits per heavy atom. The predicted octanol–water partition coefficient (Wildman–Crippen LogP) is 4.61. The van der Waals surface area contributed by atoms with Gasteiger partial charge in [-0.3, -0.25) is 9.52 Å². The minimum atomic E-state index is -3.46. The minimum Gasteiger partial charge on any atom is -0.289 e. The number of anilines is 1. The maximum atomic E-state index is 12.7. The van der Waals surface area contributed by atoms with Gasteiger partial charge >= 0.3 is 0 Å². The Morgan fingerprint density at radius 1 is 0.885 bits per heavy atom. The van der Waals surface area contributed by atoms with Gasteiger partial charge in [0, 0.05) is 21.7 Å². The molecule has 0 heterocycles. The zero-order valence-corrected chi connectivity index (χ0v) is 15.5. The lowest BCUT2D eigenvalue weighted by Crippen LogP contribution is -2.11. The summed E-state index contributed by atoms with van der Waals surface area (Å²) in [6.45, 7) is 0. The fraction of sp³-hybridized carbons (Fsp3) is 0.0500. The average molecular weight is 386 g/mol. The van der Waals surface area contributed by atoms with Crippen molar-refractivity contribution >= 4 is 33.1 Å². The van der Waals surface area contributed by atoms with Gasteiger partial charge in [-0.2, -0.15) is 0 Å². The number of nitrogens with one attached hydrogen (secondary N) is 1. The summed E-state index contributed by atoms with van der Waals surface area (Å²) in [4.78, 5) is 12.7. The van der Waals surface area contributed by atoms with Gasteiger partial charge < -0.3 is 0 Å². The van der Waals surface area contributed by atoms with E-state index in [-0.39, 0.29) is 5.78 Å². The van der Waals surface area contributed by atoms with E-state index in [0.717, 1.165) is 11.8 Å². The van der Waals surface area contributed by atoms with Crippen LogP contribution in [0.15, 0.2) is 72.8 Å². The summed E-state index contributed by atoms with van der Waals surface area (Å²) in [6.07, 6.45) is 1.08. The molecule has 0 saturated heterocycles. The van der Waals surface area contributed by atoms with Crippen LogP contribution in [-0.4, -0.2) is 20.5 Å². The van der Waals surface area contributed by atoms with Crippen molar-refractivity contribution in [2.45, 2.75) is 0 Å². The molecule has 0 spiro atoms. The SMILES string of the molecule is CS(=O)(=O)Nc1ccc(C(=O)c2ccccc2)cc1-c1ccc(Cl)cc1. The molecule has 0 fully saturated rings. The van der Waals surface area contributed by atoms with Gasteiger partial charge in [-0.15, -0.1) is 0 Å². The van der Waals surface area contributed by atoms with E-state index < -0.39 is 10.0 Å². The molecule has 0 atom stereocenters. The Morgan fingerprint density at radius 2 is 1.54 bits per heavy atom. The molecule has 4 nitrogen and oxygen atoms in total. The van der Waals surface area contributed by atoms with Crippen LogP contribution < -0.4 is 4.72 Å². The zero-order valence-electron chi connectivity index (χ0n) is 13.9. The highest BCUT2D eigenvalue weighted by Crippen LogP contribution is 2.31. The normalized spacial score (nSPS) is 11.2. The first-order valence-corrected chi connectivity index (χ1v) is 10.1. The third-order valence-corrected chi connectivity index (χ3v) is 4.61. The number of halogens is 1. The van der Waals surface area contributed by atoms with E-state index in [2.05, 4.69) is 4.72 Å². The summed E-state index contributed by atoms with van der Waals surface area (Å²) in [5.41, 5.74) is 2.80. The van der Waals surface area contributed by atoms with Crippen LogP contribution in [0.5, 0.6) is 0 Å². The van der Waals surface area contributed by atoms with Gasteiger partial charge in [-0.1, -0.05) is 54.1 Å². The molecule has 0 radical (unpaired) electrons. The van der Waals surface area contributed by atoms with Crippen LogP contribution in [0.1, 0.15) is 15.9 Å². The van der Waals surface area contributed by atoms with Crippen LogP contribution in [0.3, 0.4) is 0 Å². The molecule has 6 heteroatoms. The Hall–Kier alpha value is -2.63. The van der Waals surface area contributed by atoms with Crippen molar-refractivity contribution in [3.63, 3.8) is 0 Å². The molecule has 0 aliphatic rings. The van der Waals surface area contributed by atoms with E-state index in [1.807, 2.05) is 6.07 Å². The standard InChI is InChI=1S/C20H16ClNO3S/c1-26(24,25)22-19-12-9-16(20(23)15-5-3-2-4-6-15)13-18(19)14-7-10-17(21)11-8-14/h2-13,22H,1H3. The van der Waals surface area contributed by atoms with E-state index >= 15 is 0 Å². The summed E-state index contributed by atoms with van der Waals surface area (Å²) >= 11 is 5.94. The topological polar surface area (TPSA) is 63.2 Å². The summed E-state index contributed by atoms with van der Waals surface area (Å²) in [7, 11) is -3.46. The van der Waals surface area contributed by atoms with Gasteiger partial charge in [0.05, 0.1) is 11.9 Å². The quantitative estimate of drug-likeness (QED) is 0.652. The molecule has 0 amide bonds. The van der Waals surface area contributed by atoms with E-state index in [1.165, 1.54) is 0 Å². The predicted molar refractivity (Wildman–Crippen MR) is 105 cm³/mol. The highest BCUT2D eigenvalue weighted by Gasteiger charge is 2.15. The number of carbonyl (C=O) groups excluding carboxylic acids is 1. The second-order valence-corrected chi connectivity index (χ2v) is 8.02. The largest absolute Gasteiger partial charge is 0.289 e. The second-order valence-electron chi connectivity index (χ2n) is 5.84. The van der Waals surface area contributed by atoms with E-state index in [0.29, 0.717) is 27.4 Å². The molecule has 0 unspecified atom stereocenters. The molecule has 0 bridgehead atoms. The van der Waals surface area contributed by atoms with Gasteiger partial charge in [-0.05, 0) is 35.9 Å². The molecule has 132 valence electrons. The fourth-order valence-electron chi connectivity index (χ4n) is 2.60. The Bertz CT molecular complexity index is 1050. The van der Waals surface area contributed by atoms with Crippen molar-refractivity contribution in [1.29, 1.82) is 0 Å². The molecule has 0 saturated carbocycles. The molecular formula is C20H16ClNO3S. The third kappa shape index (κ3) is 4.31. The maximum Gasteiger partial charge on any atom is 0.229 e. The summed E-state index contributed by atoms with van der Waals surface area (Å²) in [6, 6.07) is 20.8. The van der Waals surface area contributed by atoms with Crippen LogP contribution in [0.2, 0.25) is 5.02 Å². The lowest BCUT2D eigenvalue weighted by Gasteiger charge is -2.13. The smallest absolute Gasteiger partial charge is 0.229 e. The average Bonchev–Trinajstić information content (AvgIpc) is 2.62. The zero-order chi connectivity index (χ0) is 18.7. The molecule has 3 aromatic carbocycles. The van der Waals surface area contributed by atoms with Crippen molar-refractivity contribution in [3.8, 4) is 11.1 Å². The Kier molecular flexibility index (Phi) is 5.11. The first-order valence-electron chi connectivity index (χ1n) is 7.81. The van der Waals surface area contributed by atoms with Gasteiger partial charge in [0.2, 0.25) is 10.0 Å². The Labute approximate surface area is 157 Å². The monoisotopic (exact) mass is 385 g/mol. The highest BCUT2D eigenvalue weighted by molar-refractivity contribution is 7.92. The van der Waals surface area contributed by atoms with Crippen molar-refractivity contribution in [2.24, 2.45) is 0 Å². The molecule has 26 heavy (non-hydrogen) atoms. The number of rotatable bonds is 5. The molecule has 1 N–H and O–H groups in total. The van der Waals surface area contributed by atoms with Crippen LogP contribution in [-0.2, 0) is 10.0 Å². The van der Waals surface area contributed by atoms with Crippen molar-refractivity contribution < 1.29 is 13.2 Å². The lowest BCUT2D eigenvalue weighted by molar-refractivity contribution is 0.103. The van der Waals surface area contributed by atoms with Crippen LogP contribution >= 0.6 is 11.6 Å². The van der Waals surface area contributed by atoms with Crippen molar-refractivity contribution in [1.82, 2.24) is 0 Å². The van der Waals surface area contributed by atoms with Gasteiger partial charge in [0.15, 0.2) is 5.78 Å². The second kappa shape index (κ2) is 7.32. The molecule has 0 aromatic heterocycles. The van der Waals surface area contributed by atoms with Crippen molar-refractivity contribution in [3.05, 3.63) is 88.9 Å². The molecule has 0 aliphatic heterocycles. The van der Waals surface area contributed by atoms with Crippen LogP contribution in [0.4, 0.5) is 5.69 Å². The molecular weight excluding hydrogens is 370 g/mol. The number of hydrogen-bond acceptors (Lipinski definition) is 3. The number of benzene rings is 3. The highest BCUT2D eigenvalue weighted by atomic mass is 35.5. The number of hydrogen-bond donors (Lipinski definition) is 1. The molecule has 3 rings (SSSR count). The minimum absolute atomic E-state index is 0.133. The first-order chi connectivity index (χ1) is 12.3. The van der Waals surface area contributed by atoms with Crippen LogP contribution in [0, 0.1) is 0 Å². The third-order valence-electron chi connectivity index (χ3n) is 3.77. The van der Waals surface area contributed by atoms with E-state index in [4.69, 9.17) is 11.6 Å². The van der Waals surface area contributed by atoms with Gasteiger partial charge in [0.25, 0.3) is 0 Å².